The van der Waals surface area contributed by atoms with E-state index in [1.165, 1.54) is 5.56 Å². The number of hydrogen-bond donors (Lipinski definition) is 2. The van der Waals surface area contributed by atoms with Gasteiger partial charge >= 0.3 is 0 Å². The van der Waals surface area contributed by atoms with E-state index in [9.17, 15) is 9.90 Å². The molecule has 4 heteroatoms. The van der Waals surface area contributed by atoms with Crippen LogP contribution in [-0.2, 0) is 11.3 Å². The van der Waals surface area contributed by atoms with E-state index in [1.807, 2.05) is 6.07 Å². The predicted octanol–water partition coefficient (Wildman–Crippen LogP) is 1.54. The van der Waals surface area contributed by atoms with Gasteiger partial charge in [-0.3, -0.25) is 9.69 Å². The third kappa shape index (κ3) is 4.94. The van der Waals surface area contributed by atoms with Crippen molar-refractivity contribution in [2.24, 2.45) is 0 Å². The number of nitrogens with zero attached hydrogens (tertiary/aromatic N) is 1. The number of benzene rings is 1. The highest BCUT2D eigenvalue weighted by molar-refractivity contribution is 5.76. The lowest BCUT2D eigenvalue weighted by Crippen LogP contribution is -2.37. The number of carbonyl (C=O) groups is 1. The van der Waals surface area contributed by atoms with Gasteiger partial charge in [0.1, 0.15) is 0 Å². The smallest absolute Gasteiger partial charge is 0.220 e. The van der Waals surface area contributed by atoms with Gasteiger partial charge in [0.25, 0.3) is 0 Å². The molecule has 2 unspecified atom stereocenters. The van der Waals surface area contributed by atoms with Gasteiger partial charge in [0.15, 0.2) is 0 Å². The largest absolute Gasteiger partial charge is 0.393 e. The zero-order valence-corrected chi connectivity index (χ0v) is 12.1. The van der Waals surface area contributed by atoms with E-state index in [2.05, 4.69) is 34.5 Å². The quantitative estimate of drug-likeness (QED) is 0.828. The molecule has 1 amide bonds. The van der Waals surface area contributed by atoms with Gasteiger partial charge < -0.3 is 10.4 Å². The van der Waals surface area contributed by atoms with E-state index in [1.54, 1.807) is 6.92 Å². The van der Waals surface area contributed by atoms with Crippen LogP contribution in [-0.4, -0.2) is 41.1 Å². The van der Waals surface area contributed by atoms with Crippen LogP contribution in [0.1, 0.15) is 31.7 Å². The predicted molar refractivity (Wildman–Crippen MR) is 79.2 cm³/mol. The number of amides is 1. The Hall–Kier alpha value is -1.39. The van der Waals surface area contributed by atoms with Crippen molar-refractivity contribution >= 4 is 5.91 Å². The lowest BCUT2D eigenvalue weighted by Gasteiger charge is -2.17. The van der Waals surface area contributed by atoms with Crippen molar-refractivity contribution in [2.45, 2.75) is 44.9 Å². The molecule has 0 bridgehead atoms. The van der Waals surface area contributed by atoms with E-state index in [-0.39, 0.29) is 11.9 Å². The Balaban J connectivity index is 1.71. The zero-order valence-electron chi connectivity index (χ0n) is 12.1. The first kappa shape index (κ1) is 15.0. The van der Waals surface area contributed by atoms with Gasteiger partial charge in [0.2, 0.25) is 5.91 Å². The van der Waals surface area contributed by atoms with Crippen molar-refractivity contribution < 1.29 is 9.90 Å². The molecule has 0 aliphatic carbocycles. The zero-order chi connectivity index (χ0) is 14.4. The lowest BCUT2D eigenvalue weighted by molar-refractivity contribution is -0.122. The minimum absolute atomic E-state index is 0.0532. The number of carbonyl (C=O) groups excluding carboxylic acids is 1. The van der Waals surface area contributed by atoms with Crippen LogP contribution in [0.25, 0.3) is 0 Å². The SMILES string of the molecule is CC(O)CCC(=O)NC1CCN(Cc2ccccc2)C1. The van der Waals surface area contributed by atoms with Gasteiger partial charge in [-0.2, -0.15) is 0 Å². The average Bonchev–Trinajstić information content (AvgIpc) is 2.85. The second kappa shape index (κ2) is 7.41. The summed E-state index contributed by atoms with van der Waals surface area (Å²) >= 11 is 0. The maximum Gasteiger partial charge on any atom is 0.220 e. The molecule has 110 valence electrons. The monoisotopic (exact) mass is 276 g/mol. The first-order chi connectivity index (χ1) is 9.63. The minimum Gasteiger partial charge on any atom is -0.393 e. The molecule has 4 nitrogen and oxygen atoms in total. The molecule has 1 heterocycles. The van der Waals surface area contributed by atoms with Gasteiger partial charge in [0, 0.05) is 32.1 Å². The molecule has 1 aliphatic heterocycles. The average molecular weight is 276 g/mol. The van der Waals surface area contributed by atoms with Crippen molar-refractivity contribution in [3.05, 3.63) is 35.9 Å². The third-order valence-corrected chi connectivity index (χ3v) is 3.68. The first-order valence-corrected chi connectivity index (χ1v) is 7.37. The fraction of sp³-hybridized carbons (Fsp3) is 0.562. The summed E-state index contributed by atoms with van der Waals surface area (Å²) in [5, 5.41) is 12.2. The molecule has 0 radical (unpaired) electrons. The third-order valence-electron chi connectivity index (χ3n) is 3.68. The molecule has 2 atom stereocenters. The second-order valence-electron chi connectivity index (χ2n) is 5.66. The van der Waals surface area contributed by atoms with Crippen LogP contribution in [0.4, 0.5) is 0 Å². The molecule has 1 aliphatic rings. The molecule has 0 saturated carbocycles. The topological polar surface area (TPSA) is 52.6 Å². The van der Waals surface area contributed by atoms with Crippen molar-refractivity contribution in [3.8, 4) is 0 Å². The Morgan fingerprint density at radius 2 is 2.20 bits per heavy atom. The van der Waals surface area contributed by atoms with Crippen molar-refractivity contribution in [3.63, 3.8) is 0 Å². The maximum absolute atomic E-state index is 11.7. The minimum atomic E-state index is -0.404. The Kier molecular flexibility index (Phi) is 5.56. The Labute approximate surface area is 120 Å². The first-order valence-electron chi connectivity index (χ1n) is 7.37. The Bertz CT molecular complexity index is 420. The second-order valence-corrected chi connectivity index (χ2v) is 5.66. The van der Waals surface area contributed by atoms with Crippen LogP contribution in [0, 0.1) is 0 Å². The summed E-state index contributed by atoms with van der Waals surface area (Å²) in [6, 6.07) is 10.7. The summed E-state index contributed by atoms with van der Waals surface area (Å²) in [5.74, 6) is 0.0532. The summed E-state index contributed by atoms with van der Waals surface area (Å²) in [7, 11) is 0. The lowest BCUT2D eigenvalue weighted by atomic mass is 10.2. The molecule has 1 saturated heterocycles. The highest BCUT2D eigenvalue weighted by Crippen LogP contribution is 2.13. The van der Waals surface area contributed by atoms with Gasteiger partial charge in [0.05, 0.1) is 6.10 Å². The van der Waals surface area contributed by atoms with Crippen LogP contribution in [0.5, 0.6) is 0 Å². The Morgan fingerprint density at radius 3 is 2.90 bits per heavy atom. The Morgan fingerprint density at radius 1 is 1.45 bits per heavy atom. The van der Waals surface area contributed by atoms with Crippen molar-refractivity contribution in [1.29, 1.82) is 0 Å². The van der Waals surface area contributed by atoms with E-state index in [0.717, 1.165) is 26.1 Å². The van der Waals surface area contributed by atoms with Gasteiger partial charge in [-0.05, 0) is 25.3 Å². The van der Waals surface area contributed by atoms with Crippen LogP contribution in [0.15, 0.2) is 30.3 Å². The molecule has 2 N–H and O–H groups in total. The van der Waals surface area contributed by atoms with Crippen LogP contribution >= 0.6 is 0 Å². The number of nitrogens with one attached hydrogen (secondary N) is 1. The molecule has 1 aromatic carbocycles. The fourth-order valence-electron chi connectivity index (χ4n) is 2.58. The number of aliphatic hydroxyl groups is 1. The van der Waals surface area contributed by atoms with Crippen LogP contribution in [0.2, 0.25) is 0 Å². The van der Waals surface area contributed by atoms with Gasteiger partial charge in [-0.25, -0.2) is 0 Å². The highest BCUT2D eigenvalue weighted by Gasteiger charge is 2.23. The molecule has 1 aromatic rings. The summed E-state index contributed by atoms with van der Waals surface area (Å²) in [6.07, 6.45) is 1.55. The van der Waals surface area contributed by atoms with Crippen LogP contribution in [0.3, 0.4) is 0 Å². The summed E-state index contributed by atoms with van der Waals surface area (Å²) in [4.78, 5) is 14.1. The van der Waals surface area contributed by atoms with Crippen LogP contribution < -0.4 is 5.32 Å². The number of likely N-dealkylation sites (tertiary alicyclic amines) is 1. The fourth-order valence-corrected chi connectivity index (χ4v) is 2.58. The number of hydrogen-bond acceptors (Lipinski definition) is 3. The molecule has 0 spiro atoms. The van der Waals surface area contributed by atoms with E-state index in [0.29, 0.717) is 12.8 Å². The van der Waals surface area contributed by atoms with Crippen molar-refractivity contribution in [2.75, 3.05) is 13.1 Å². The summed E-state index contributed by atoms with van der Waals surface area (Å²) in [5.41, 5.74) is 1.31. The normalized spacial score (nSPS) is 20.8. The van der Waals surface area contributed by atoms with Gasteiger partial charge in [-0.1, -0.05) is 30.3 Å². The standard InChI is InChI=1S/C16H24N2O2/c1-13(19)7-8-16(20)17-15-9-10-18(12-15)11-14-5-3-2-4-6-14/h2-6,13,15,19H,7-12H2,1H3,(H,17,20). The molecule has 2 rings (SSSR count). The van der Waals surface area contributed by atoms with Crippen molar-refractivity contribution in [1.82, 2.24) is 10.2 Å². The molecular weight excluding hydrogens is 252 g/mol. The summed E-state index contributed by atoms with van der Waals surface area (Å²) < 4.78 is 0. The molecular formula is C16H24N2O2. The molecule has 0 aromatic heterocycles. The molecule has 20 heavy (non-hydrogen) atoms. The van der Waals surface area contributed by atoms with Gasteiger partial charge in [-0.15, -0.1) is 0 Å². The highest BCUT2D eigenvalue weighted by atomic mass is 16.3. The van der Waals surface area contributed by atoms with E-state index < -0.39 is 6.10 Å². The summed E-state index contributed by atoms with van der Waals surface area (Å²) in [6.45, 7) is 4.59. The number of rotatable bonds is 6. The molecule has 1 fully saturated rings. The maximum atomic E-state index is 11.7. The number of aliphatic hydroxyl groups excluding tert-OH is 1. The van der Waals surface area contributed by atoms with E-state index in [4.69, 9.17) is 0 Å². The van der Waals surface area contributed by atoms with E-state index >= 15 is 0 Å².